The third kappa shape index (κ3) is 3.55. The van der Waals surface area contributed by atoms with Crippen LogP contribution in [0.1, 0.15) is 15.9 Å². The van der Waals surface area contributed by atoms with Crippen molar-refractivity contribution in [1.82, 2.24) is 19.9 Å². The minimum atomic E-state index is -0.324. The molecule has 2 aromatic heterocycles. The summed E-state index contributed by atoms with van der Waals surface area (Å²) in [4.78, 5) is 12.6. The van der Waals surface area contributed by atoms with Crippen molar-refractivity contribution in [3.05, 3.63) is 83.8 Å². The van der Waals surface area contributed by atoms with E-state index in [0.29, 0.717) is 29.1 Å². The number of methoxy groups -OCH3 is 1. The Morgan fingerprint density at radius 1 is 1.11 bits per heavy atom. The molecule has 0 bridgehead atoms. The lowest BCUT2D eigenvalue weighted by Gasteiger charge is -2.08. The van der Waals surface area contributed by atoms with Crippen molar-refractivity contribution in [2.75, 3.05) is 7.11 Å². The number of aromatic nitrogens is 3. The van der Waals surface area contributed by atoms with E-state index in [1.165, 1.54) is 12.1 Å². The van der Waals surface area contributed by atoms with Crippen molar-refractivity contribution >= 4 is 11.6 Å². The Balaban J connectivity index is 1.57. The van der Waals surface area contributed by atoms with Gasteiger partial charge < -0.3 is 10.1 Å². The molecule has 4 rings (SSSR count). The summed E-state index contributed by atoms with van der Waals surface area (Å²) in [6.07, 6.45) is 1.68. The zero-order chi connectivity index (χ0) is 19.5. The van der Waals surface area contributed by atoms with E-state index in [1.54, 1.807) is 42.0 Å². The first-order chi connectivity index (χ1) is 13.6. The highest BCUT2D eigenvalue weighted by atomic mass is 19.1. The summed E-state index contributed by atoms with van der Waals surface area (Å²) in [5.41, 5.74) is 2.72. The minimum Gasteiger partial charge on any atom is -0.497 e. The summed E-state index contributed by atoms with van der Waals surface area (Å²) in [7, 11) is 1.60. The number of rotatable bonds is 5. The molecule has 0 radical (unpaired) electrons. The molecular weight excluding hydrogens is 359 g/mol. The Labute approximate surface area is 160 Å². The fourth-order valence-corrected chi connectivity index (χ4v) is 2.89. The van der Waals surface area contributed by atoms with E-state index in [0.717, 1.165) is 11.3 Å². The average Bonchev–Trinajstić information content (AvgIpc) is 3.16. The Kier molecular flexibility index (Phi) is 4.72. The van der Waals surface area contributed by atoms with Crippen LogP contribution in [-0.2, 0) is 6.54 Å². The highest BCUT2D eigenvalue weighted by Gasteiger charge is 2.12. The van der Waals surface area contributed by atoms with Gasteiger partial charge in [-0.1, -0.05) is 12.1 Å². The number of benzene rings is 2. The predicted molar refractivity (Wildman–Crippen MR) is 103 cm³/mol. The van der Waals surface area contributed by atoms with Crippen molar-refractivity contribution in [3.63, 3.8) is 0 Å². The van der Waals surface area contributed by atoms with Crippen LogP contribution in [0.15, 0.2) is 66.9 Å². The SMILES string of the molecule is COc1cccc(CNC(=O)c2ccc3nnc(-c4ccc(F)cc4)n3c2)c1. The van der Waals surface area contributed by atoms with Gasteiger partial charge in [0.25, 0.3) is 5.91 Å². The lowest BCUT2D eigenvalue weighted by atomic mass is 10.2. The van der Waals surface area contributed by atoms with E-state index in [2.05, 4.69) is 15.5 Å². The molecule has 140 valence electrons. The molecule has 0 aliphatic rings. The molecule has 0 aliphatic carbocycles. The first-order valence-corrected chi connectivity index (χ1v) is 8.66. The summed E-state index contributed by atoms with van der Waals surface area (Å²) in [6, 6.07) is 16.9. The van der Waals surface area contributed by atoms with Crippen molar-refractivity contribution in [2.24, 2.45) is 0 Å². The summed E-state index contributed by atoms with van der Waals surface area (Å²) < 4.78 is 20.1. The average molecular weight is 376 g/mol. The van der Waals surface area contributed by atoms with Gasteiger partial charge in [0.05, 0.1) is 12.7 Å². The van der Waals surface area contributed by atoms with Crippen molar-refractivity contribution < 1.29 is 13.9 Å². The van der Waals surface area contributed by atoms with Gasteiger partial charge >= 0.3 is 0 Å². The molecule has 4 aromatic rings. The van der Waals surface area contributed by atoms with Crippen LogP contribution >= 0.6 is 0 Å². The van der Waals surface area contributed by atoms with Crippen molar-refractivity contribution in [2.45, 2.75) is 6.54 Å². The van der Waals surface area contributed by atoms with Crippen LogP contribution in [0.2, 0.25) is 0 Å². The molecule has 2 aromatic carbocycles. The van der Waals surface area contributed by atoms with Gasteiger partial charge in [-0.25, -0.2) is 4.39 Å². The van der Waals surface area contributed by atoms with E-state index in [4.69, 9.17) is 4.74 Å². The van der Waals surface area contributed by atoms with Crippen LogP contribution in [0.4, 0.5) is 4.39 Å². The van der Waals surface area contributed by atoms with Crippen LogP contribution in [0.5, 0.6) is 5.75 Å². The Morgan fingerprint density at radius 2 is 1.93 bits per heavy atom. The third-order valence-corrected chi connectivity index (χ3v) is 4.35. The first kappa shape index (κ1) is 17.7. The lowest BCUT2D eigenvalue weighted by molar-refractivity contribution is 0.0950. The van der Waals surface area contributed by atoms with Crippen molar-refractivity contribution in [3.8, 4) is 17.1 Å². The van der Waals surface area contributed by atoms with Gasteiger partial charge in [0.1, 0.15) is 11.6 Å². The molecule has 1 N–H and O–H groups in total. The van der Waals surface area contributed by atoms with E-state index < -0.39 is 0 Å². The molecule has 0 aliphatic heterocycles. The normalized spacial score (nSPS) is 10.8. The molecule has 28 heavy (non-hydrogen) atoms. The second-order valence-corrected chi connectivity index (χ2v) is 6.21. The molecule has 0 spiro atoms. The predicted octanol–water partition coefficient (Wildman–Crippen LogP) is 3.47. The largest absolute Gasteiger partial charge is 0.497 e. The topological polar surface area (TPSA) is 68.5 Å². The van der Waals surface area contributed by atoms with Gasteiger partial charge in [0.15, 0.2) is 11.5 Å². The summed E-state index contributed by atoms with van der Waals surface area (Å²) in [5, 5.41) is 11.1. The van der Waals surface area contributed by atoms with Gasteiger partial charge in [-0.05, 0) is 54.1 Å². The number of pyridine rings is 1. The van der Waals surface area contributed by atoms with Gasteiger partial charge in [-0.3, -0.25) is 9.20 Å². The summed E-state index contributed by atoms with van der Waals surface area (Å²) >= 11 is 0. The molecule has 0 saturated heterocycles. The number of carbonyl (C=O) groups excluding carboxylic acids is 1. The first-order valence-electron chi connectivity index (χ1n) is 8.66. The number of halogens is 1. The fraction of sp³-hybridized carbons (Fsp3) is 0.0952. The zero-order valence-corrected chi connectivity index (χ0v) is 15.1. The second-order valence-electron chi connectivity index (χ2n) is 6.21. The maximum absolute atomic E-state index is 13.2. The van der Waals surface area contributed by atoms with Crippen LogP contribution in [-0.4, -0.2) is 27.6 Å². The molecule has 0 saturated carbocycles. The molecule has 0 unspecified atom stereocenters. The Bertz CT molecular complexity index is 1140. The third-order valence-electron chi connectivity index (χ3n) is 4.35. The standard InChI is InChI=1S/C21H17FN4O2/c1-28-18-4-2-3-14(11-18)12-23-21(27)16-7-10-19-24-25-20(26(19)13-16)15-5-8-17(22)9-6-15/h2-11,13H,12H2,1H3,(H,23,27). The van der Waals surface area contributed by atoms with Gasteiger partial charge in [0.2, 0.25) is 0 Å². The lowest BCUT2D eigenvalue weighted by Crippen LogP contribution is -2.23. The fourth-order valence-electron chi connectivity index (χ4n) is 2.89. The van der Waals surface area contributed by atoms with E-state index in [-0.39, 0.29) is 11.7 Å². The zero-order valence-electron chi connectivity index (χ0n) is 15.1. The molecule has 7 heteroatoms. The van der Waals surface area contributed by atoms with Crippen LogP contribution in [0.25, 0.3) is 17.0 Å². The van der Waals surface area contributed by atoms with Gasteiger partial charge in [-0.2, -0.15) is 0 Å². The van der Waals surface area contributed by atoms with Crippen LogP contribution < -0.4 is 10.1 Å². The van der Waals surface area contributed by atoms with Crippen molar-refractivity contribution in [1.29, 1.82) is 0 Å². The van der Waals surface area contributed by atoms with E-state index >= 15 is 0 Å². The molecule has 0 atom stereocenters. The smallest absolute Gasteiger partial charge is 0.253 e. The maximum atomic E-state index is 13.2. The maximum Gasteiger partial charge on any atom is 0.253 e. The highest BCUT2D eigenvalue weighted by Crippen LogP contribution is 2.19. The Morgan fingerprint density at radius 3 is 2.71 bits per heavy atom. The van der Waals surface area contributed by atoms with Gasteiger partial charge in [-0.15, -0.1) is 10.2 Å². The minimum absolute atomic E-state index is 0.219. The number of carbonyl (C=O) groups is 1. The molecule has 6 nitrogen and oxygen atoms in total. The number of nitrogens with one attached hydrogen (secondary N) is 1. The summed E-state index contributed by atoms with van der Waals surface area (Å²) in [6.45, 7) is 0.376. The number of hydrogen-bond donors (Lipinski definition) is 1. The second kappa shape index (κ2) is 7.48. The number of fused-ring (bicyclic) bond motifs is 1. The molecule has 2 heterocycles. The molecular formula is C21H17FN4O2. The van der Waals surface area contributed by atoms with E-state index in [9.17, 15) is 9.18 Å². The molecule has 1 amide bonds. The van der Waals surface area contributed by atoms with E-state index in [1.807, 2.05) is 24.3 Å². The number of nitrogens with zero attached hydrogens (tertiary/aromatic N) is 3. The summed E-state index contributed by atoms with van der Waals surface area (Å²) in [5.74, 6) is 0.734. The van der Waals surface area contributed by atoms with Crippen LogP contribution in [0, 0.1) is 5.82 Å². The number of hydrogen-bond acceptors (Lipinski definition) is 4. The highest BCUT2D eigenvalue weighted by molar-refractivity contribution is 5.94. The monoisotopic (exact) mass is 376 g/mol. The molecule has 0 fully saturated rings. The quantitative estimate of drug-likeness (QED) is 0.579. The van der Waals surface area contributed by atoms with Crippen LogP contribution in [0.3, 0.4) is 0 Å². The Hall–Kier alpha value is -3.74. The van der Waals surface area contributed by atoms with Gasteiger partial charge in [0, 0.05) is 18.3 Å². The number of ether oxygens (including phenoxy) is 1. The number of amides is 1.